The molecule has 0 aromatic rings. The first kappa shape index (κ1) is 35.7. The first-order valence-electron chi connectivity index (χ1n) is 8.06. The van der Waals surface area contributed by atoms with Crippen molar-refractivity contribution in [1.29, 1.82) is 0 Å². The van der Waals surface area contributed by atoms with Crippen LogP contribution in [0, 0.1) is 0 Å². The van der Waals surface area contributed by atoms with Gasteiger partial charge in [-0.2, -0.15) is 0 Å². The van der Waals surface area contributed by atoms with E-state index in [1.54, 1.807) is 27.7 Å². The molecule has 0 aromatic heterocycles. The van der Waals surface area contributed by atoms with Crippen LogP contribution in [0.1, 0.15) is 80.1 Å². The van der Waals surface area contributed by atoms with Gasteiger partial charge < -0.3 is 34.5 Å². The summed E-state index contributed by atoms with van der Waals surface area (Å²) in [6.07, 6.45) is 2.55. The molecule has 0 bridgehead atoms. The van der Waals surface area contributed by atoms with E-state index in [4.69, 9.17) is 0 Å². The molecule has 0 heterocycles. The van der Waals surface area contributed by atoms with Gasteiger partial charge in [-0.3, -0.25) is 0 Å². The van der Waals surface area contributed by atoms with E-state index < -0.39 is 17.9 Å². The summed E-state index contributed by atoms with van der Waals surface area (Å²) in [7, 11) is 0. The molecule has 150 valence electrons. The van der Waals surface area contributed by atoms with Crippen LogP contribution in [0.15, 0.2) is 0 Å². The zero-order valence-electron chi connectivity index (χ0n) is 16.5. The van der Waals surface area contributed by atoms with E-state index in [0.717, 1.165) is 24.7 Å². The van der Waals surface area contributed by atoms with Gasteiger partial charge in [-0.05, 0) is 33.1 Å². The normalized spacial score (nSPS) is 7.69. The SMILES string of the molecule is CC(C)=O.CCCC(=O)[O-].CCCC(=O)[O-].CCCC(=O)[O-].C[C](=O)[Zr+3]. The second-order valence-electron chi connectivity index (χ2n) is 4.83. The van der Waals surface area contributed by atoms with Crippen molar-refractivity contribution in [2.24, 2.45) is 0 Å². The van der Waals surface area contributed by atoms with Crippen molar-refractivity contribution in [3.63, 3.8) is 0 Å². The molecule has 0 rings (SSSR count). The third kappa shape index (κ3) is 182. The Morgan fingerprint density at radius 1 is 0.615 bits per heavy atom. The molecule has 0 aliphatic rings. The Bertz CT molecular complexity index is 323. The van der Waals surface area contributed by atoms with Crippen LogP contribution < -0.4 is 15.3 Å². The number of aliphatic carboxylic acids is 3. The van der Waals surface area contributed by atoms with Gasteiger partial charge in [0.25, 0.3) is 0 Å². The molecular weight excluding hydrogens is 423 g/mol. The first-order valence-corrected chi connectivity index (χ1v) is 9.29. The molecule has 0 amide bonds. The summed E-state index contributed by atoms with van der Waals surface area (Å²) in [5, 5.41) is 28.5. The maximum atomic E-state index is 9.49. The fourth-order valence-corrected chi connectivity index (χ4v) is 0.612. The number of hydrogen-bond donors (Lipinski definition) is 0. The predicted molar refractivity (Wildman–Crippen MR) is 86.8 cm³/mol. The van der Waals surface area contributed by atoms with Gasteiger partial charge in [-0.25, -0.2) is 0 Å². The molecule has 9 heteroatoms. The summed E-state index contributed by atoms with van der Waals surface area (Å²) in [4.78, 5) is 47.4. The Kier molecular flexibility index (Phi) is 43.1. The van der Waals surface area contributed by atoms with E-state index in [0.29, 0.717) is 19.3 Å². The molecule has 0 unspecified atom stereocenters. The fourth-order valence-electron chi connectivity index (χ4n) is 0.612. The molecule has 0 N–H and O–H groups in total. The second-order valence-corrected chi connectivity index (χ2v) is 6.56. The van der Waals surface area contributed by atoms with Crippen LogP contribution in [0.2, 0.25) is 0 Å². The van der Waals surface area contributed by atoms with Crippen LogP contribution >= 0.6 is 0 Å². The standard InChI is InChI=1S/3C4H8O2.C3H6O.C2H3O.Zr/c3*1-2-3-4(5)6;1-3(2)4;1-2-3;/h3*2-3H2,1H3,(H,5,6);1-2H3;1H3;/q;;;;;+3/p-3. The number of rotatable bonds is 6. The molecule has 0 fully saturated rings. The van der Waals surface area contributed by atoms with E-state index in [1.165, 1.54) is 13.8 Å². The Balaban J connectivity index is -0.0000000716. The van der Waals surface area contributed by atoms with Gasteiger partial charge in [0.15, 0.2) is 0 Å². The van der Waals surface area contributed by atoms with Crippen molar-refractivity contribution < 1.29 is 64.0 Å². The van der Waals surface area contributed by atoms with Crippen molar-refractivity contribution in [1.82, 2.24) is 0 Å². The number of carboxylic acid groups (broad SMARTS) is 3. The summed E-state index contributed by atoms with van der Waals surface area (Å²) < 4.78 is 0.257. The van der Waals surface area contributed by atoms with Crippen LogP contribution in [0.4, 0.5) is 0 Å². The Labute approximate surface area is 171 Å². The molecule has 0 radical (unpaired) electrons. The summed E-state index contributed by atoms with van der Waals surface area (Å²) in [6.45, 7) is 10.0. The average Bonchev–Trinajstić information content (AvgIpc) is 2.37. The average molecular weight is 454 g/mol. The molecule has 0 aliphatic heterocycles. The third-order valence-electron chi connectivity index (χ3n) is 1.36. The number of carbonyl (C=O) groups excluding carboxylic acids is 5. The van der Waals surface area contributed by atoms with Crippen molar-refractivity contribution in [2.45, 2.75) is 80.1 Å². The molecule has 0 aromatic carbocycles. The Morgan fingerprint density at radius 3 is 0.731 bits per heavy atom. The van der Waals surface area contributed by atoms with Crippen molar-refractivity contribution in [2.75, 3.05) is 0 Å². The second kappa shape index (κ2) is 31.4. The van der Waals surface area contributed by atoms with E-state index >= 15 is 0 Å². The van der Waals surface area contributed by atoms with Gasteiger partial charge in [-0.15, -0.1) is 0 Å². The van der Waals surface area contributed by atoms with Crippen molar-refractivity contribution >= 4 is 27.2 Å². The number of carbonyl (C=O) groups is 5. The molecule has 0 saturated heterocycles. The number of ketones is 1. The topological polar surface area (TPSA) is 155 Å². The van der Waals surface area contributed by atoms with Gasteiger partial charge in [0.2, 0.25) is 0 Å². The van der Waals surface area contributed by atoms with E-state index in [2.05, 4.69) is 0 Å². The third-order valence-corrected chi connectivity index (χ3v) is 1.36. The summed E-state index contributed by atoms with van der Waals surface area (Å²) in [6, 6.07) is 0. The number of hydrogen-bond acceptors (Lipinski definition) is 8. The monoisotopic (exact) mass is 452 g/mol. The molecule has 0 atom stereocenters. The maximum absolute atomic E-state index is 9.49. The minimum absolute atomic E-state index is 0.167. The van der Waals surface area contributed by atoms with Gasteiger partial charge in [-0.1, -0.05) is 40.0 Å². The molecule has 26 heavy (non-hydrogen) atoms. The van der Waals surface area contributed by atoms with Gasteiger partial charge in [0, 0.05) is 17.9 Å². The summed E-state index contributed by atoms with van der Waals surface area (Å²) in [5.41, 5.74) is 0. The van der Waals surface area contributed by atoms with Gasteiger partial charge in [0.05, 0.1) is 0 Å². The Hall–Kier alpha value is -1.37. The van der Waals surface area contributed by atoms with Crippen LogP contribution in [-0.4, -0.2) is 27.2 Å². The number of Topliss-reactive ketones (excluding diaryl/α,β-unsaturated/α-hetero) is 1. The van der Waals surface area contributed by atoms with Crippen LogP contribution in [0.3, 0.4) is 0 Å². The molecule has 0 aliphatic carbocycles. The van der Waals surface area contributed by atoms with Crippen LogP contribution in [0.25, 0.3) is 0 Å². The summed E-state index contributed by atoms with van der Waals surface area (Å²) >= 11 is 0.998. The van der Waals surface area contributed by atoms with E-state index in [-0.39, 0.29) is 28.5 Å². The quantitative estimate of drug-likeness (QED) is 0.510. The first-order chi connectivity index (χ1) is 11.8. The van der Waals surface area contributed by atoms with Gasteiger partial charge >= 0.3 is 39.9 Å². The van der Waals surface area contributed by atoms with E-state index in [1.807, 2.05) is 0 Å². The molecule has 0 spiro atoms. The zero-order valence-corrected chi connectivity index (χ0v) is 19.0. The van der Waals surface area contributed by atoms with Crippen molar-refractivity contribution in [3.8, 4) is 0 Å². The van der Waals surface area contributed by atoms with E-state index in [9.17, 15) is 39.3 Å². The molecule has 0 saturated carbocycles. The Morgan fingerprint density at radius 2 is 0.731 bits per heavy atom. The minimum atomic E-state index is -0.961. The molecule has 8 nitrogen and oxygen atoms in total. The van der Waals surface area contributed by atoms with Crippen LogP contribution in [-0.2, 0) is 48.7 Å². The predicted octanol–water partition coefficient (Wildman–Crippen LogP) is -0.716. The molecular formula is C17H30O8Zr. The van der Waals surface area contributed by atoms with Crippen molar-refractivity contribution in [3.05, 3.63) is 0 Å². The van der Waals surface area contributed by atoms with Gasteiger partial charge in [0.1, 0.15) is 5.78 Å². The zero-order chi connectivity index (χ0) is 22.1. The fraction of sp³-hybridized carbons (Fsp3) is 0.706. The number of carboxylic acids is 3. The summed E-state index contributed by atoms with van der Waals surface area (Å²) in [5.74, 6) is -2.72. The van der Waals surface area contributed by atoms with Crippen LogP contribution in [0.5, 0.6) is 0 Å².